The topological polar surface area (TPSA) is 109 Å². The SMILES string of the molecule is CC(C)N1Cc2cc(OCCc3cn4c(n3)NCCN4)ccc2CC(CC(=O)O)C1=O. The van der Waals surface area contributed by atoms with Gasteiger partial charge in [0.05, 0.1) is 30.8 Å². The summed E-state index contributed by atoms with van der Waals surface area (Å²) in [4.78, 5) is 30.5. The minimum atomic E-state index is -0.947. The molecule has 9 nitrogen and oxygen atoms in total. The van der Waals surface area contributed by atoms with Gasteiger partial charge in [-0.05, 0) is 43.5 Å². The normalized spacial score (nSPS) is 18.0. The number of ether oxygens (including phenoxy) is 1. The van der Waals surface area contributed by atoms with E-state index in [4.69, 9.17) is 4.74 Å². The number of imidazole rings is 1. The van der Waals surface area contributed by atoms with Crippen molar-refractivity contribution in [2.24, 2.45) is 5.92 Å². The molecule has 0 saturated heterocycles. The zero-order valence-electron chi connectivity index (χ0n) is 17.9. The van der Waals surface area contributed by atoms with Crippen molar-refractivity contribution in [2.75, 3.05) is 30.4 Å². The molecule has 1 aromatic heterocycles. The van der Waals surface area contributed by atoms with Crippen LogP contribution < -0.4 is 15.5 Å². The van der Waals surface area contributed by atoms with Crippen LogP contribution in [0.4, 0.5) is 5.95 Å². The first-order chi connectivity index (χ1) is 14.9. The van der Waals surface area contributed by atoms with Gasteiger partial charge in [-0.1, -0.05) is 6.07 Å². The number of fused-ring (bicyclic) bond motifs is 2. The van der Waals surface area contributed by atoms with Crippen LogP contribution in [0.2, 0.25) is 0 Å². The zero-order chi connectivity index (χ0) is 22.0. The van der Waals surface area contributed by atoms with Gasteiger partial charge in [0, 0.05) is 32.1 Å². The lowest BCUT2D eigenvalue weighted by Crippen LogP contribution is -2.40. The van der Waals surface area contributed by atoms with Crippen LogP contribution >= 0.6 is 0 Å². The number of rotatable bonds is 7. The molecule has 0 aliphatic carbocycles. The number of anilines is 1. The quantitative estimate of drug-likeness (QED) is 0.619. The molecule has 0 fully saturated rings. The number of carbonyl (C=O) groups is 2. The fourth-order valence-corrected chi connectivity index (χ4v) is 4.11. The predicted octanol–water partition coefficient (Wildman–Crippen LogP) is 1.86. The average Bonchev–Trinajstić information content (AvgIpc) is 3.08. The molecule has 0 spiro atoms. The van der Waals surface area contributed by atoms with E-state index in [0.717, 1.165) is 41.6 Å². The maximum Gasteiger partial charge on any atom is 0.304 e. The number of hydrogen-bond donors (Lipinski definition) is 3. The fourth-order valence-electron chi connectivity index (χ4n) is 4.11. The Kier molecular flexibility index (Phi) is 6.01. The molecular formula is C22H29N5O4. The highest BCUT2D eigenvalue weighted by atomic mass is 16.5. The lowest BCUT2D eigenvalue weighted by atomic mass is 9.94. The van der Waals surface area contributed by atoms with Gasteiger partial charge in [0.1, 0.15) is 5.75 Å². The van der Waals surface area contributed by atoms with Gasteiger partial charge in [0.25, 0.3) is 0 Å². The first-order valence-corrected chi connectivity index (χ1v) is 10.7. The highest BCUT2D eigenvalue weighted by Crippen LogP contribution is 2.29. The molecule has 2 aromatic rings. The van der Waals surface area contributed by atoms with Crippen LogP contribution in [0.15, 0.2) is 24.4 Å². The molecule has 4 rings (SSSR count). The molecule has 3 heterocycles. The van der Waals surface area contributed by atoms with Crippen LogP contribution in [0.25, 0.3) is 0 Å². The van der Waals surface area contributed by atoms with Gasteiger partial charge in [0.2, 0.25) is 11.9 Å². The monoisotopic (exact) mass is 427 g/mol. The predicted molar refractivity (Wildman–Crippen MR) is 116 cm³/mol. The van der Waals surface area contributed by atoms with Gasteiger partial charge in [-0.15, -0.1) is 0 Å². The van der Waals surface area contributed by atoms with Gasteiger partial charge < -0.3 is 25.5 Å². The van der Waals surface area contributed by atoms with E-state index in [9.17, 15) is 14.7 Å². The maximum absolute atomic E-state index is 12.9. The van der Waals surface area contributed by atoms with E-state index in [0.29, 0.717) is 26.0 Å². The minimum absolute atomic E-state index is 0.00603. The van der Waals surface area contributed by atoms with Crippen molar-refractivity contribution < 1.29 is 19.4 Å². The van der Waals surface area contributed by atoms with Gasteiger partial charge in [-0.3, -0.25) is 9.59 Å². The third-order valence-electron chi connectivity index (χ3n) is 5.73. The third kappa shape index (κ3) is 4.76. The number of benzene rings is 1. The molecule has 0 radical (unpaired) electrons. The number of amides is 1. The Morgan fingerprint density at radius 1 is 1.32 bits per heavy atom. The Morgan fingerprint density at radius 2 is 2.16 bits per heavy atom. The molecule has 1 unspecified atom stereocenters. The van der Waals surface area contributed by atoms with Crippen LogP contribution in [-0.4, -0.2) is 57.3 Å². The summed E-state index contributed by atoms with van der Waals surface area (Å²) in [5, 5.41) is 12.5. The molecule has 2 aliphatic rings. The molecule has 1 aromatic carbocycles. The molecule has 166 valence electrons. The van der Waals surface area contributed by atoms with Gasteiger partial charge in [0.15, 0.2) is 0 Å². The lowest BCUT2D eigenvalue weighted by molar-refractivity contribution is -0.145. The molecule has 0 saturated carbocycles. The summed E-state index contributed by atoms with van der Waals surface area (Å²) >= 11 is 0. The summed E-state index contributed by atoms with van der Waals surface area (Å²) in [6, 6.07) is 5.82. The number of carbonyl (C=O) groups excluding carboxylic acids is 1. The van der Waals surface area contributed by atoms with Gasteiger partial charge in [-0.2, -0.15) is 0 Å². The number of carboxylic acid groups (broad SMARTS) is 1. The van der Waals surface area contributed by atoms with E-state index >= 15 is 0 Å². The summed E-state index contributed by atoms with van der Waals surface area (Å²) in [6.45, 7) is 6.57. The van der Waals surface area contributed by atoms with Crippen LogP contribution in [-0.2, 0) is 29.0 Å². The summed E-state index contributed by atoms with van der Waals surface area (Å²) < 4.78 is 7.87. The molecule has 3 N–H and O–H groups in total. The van der Waals surface area contributed by atoms with Crippen molar-refractivity contribution in [3.63, 3.8) is 0 Å². The van der Waals surface area contributed by atoms with Crippen LogP contribution in [0, 0.1) is 5.92 Å². The molecule has 1 atom stereocenters. The summed E-state index contributed by atoms with van der Waals surface area (Å²) in [6.07, 6.45) is 2.93. The standard InChI is InChI=1S/C22H29N5O4/c1-14(2)26-12-17-10-19(4-3-15(17)9-16(21(26)30)11-20(28)29)31-8-5-18-13-27-22(25-18)23-6-7-24-27/h3-4,10,13-14,16,24H,5-9,11-12H2,1-2H3,(H,23,25)(H,28,29). The molecule has 1 amide bonds. The number of aromatic nitrogens is 2. The Labute approximate surface area is 181 Å². The van der Waals surface area contributed by atoms with Crippen LogP contribution in [0.5, 0.6) is 5.75 Å². The number of nitrogens with one attached hydrogen (secondary N) is 2. The summed E-state index contributed by atoms with van der Waals surface area (Å²) in [7, 11) is 0. The van der Waals surface area contributed by atoms with Crippen molar-refractivity contribution in [3.8, 4) is 5.75 Å². The number of carboxylic acids is 1. The Morgan fingerprint density at radius 3 is 2.90 bits per heavy atom. The molecule has 31 heavy (non-hydrogen) atoms. The van der Waals surface area contributed by atoms with Crippen molar-refractivity contribution >= 4 is 17.8 Å². The van der Waals surface area contributed by atoms with E-state index in [1.165, 1.54) is 0 Å². The van der Waals surface area contributed by atoms with Crippen LogP contribution in [0.3, 0.4) is 0 Å². The second-order valence-electron chi connectivity index (χ2n) is 8.35. The molecular weight excluding hydrogens is 398 g/mol. The van der Waals surface area contributed by atoms with Crippen LogP contribution in [0.1, 0.15) is 37.1 Å². The van der Waals surface area contributed by atoms with E-state index in [1.54, 1.807) is 4.90 Å². The average molecular weight is 428 g/mol. The second kappa shape index (κ2) is 8.87. The minimum Gasteiger partial charge on any atom is -0.493 e. The van der Waals surface area contributed by atoms with E-state index in [2.05, 4.69) is 15.7 Å². The van der Waals surface area contributed by atoms with E-state index < -0.39 is 11.9 Å². The molecule has 9 heteroatoms. The second-order valence-corrected chi connectivity index (χ2v) is 8.35. The number of nitrogens with zero attached hydrogens (tertiary/aromatic N) is 3. The largest absolute Gasteiger partial charge is 0.493 e. The number of aliphatic carboxylic acids is 1. The fraction of sp³-hybridized carbons (Fsp3) is 0.500. The van der Waals surface area contributed by atoms with E-state index in [1.807, 2.05) is 42.9 Å². The first-order valence-electron chi connectivity index (χ1n) is 10.7. The maximum atomic E-state index is 12.9. The van der Waals surface area contributed by atoms with Crippen molar-refractivity contribution in [1.29, 1.82) is 0 Å². The van der Waals surface area contributed by atoms with Crippen molar-refractivity contribution in [2.45, 2.75) is 45.7 Å². The molecule has 2 aliphatic heterocycles. The Hall–Kier alpha value is -3.23. The highest BCUT2D eigenvalue weighted by molar-refractivity contribution is 5.84. The Balaban J connectivity index is 1.44. The van der Waals surface area contributed by atoms with E-state index in [-0.39, 0.29) is 18.4 Å². The van der Waals surface area contributed by atoms with Gasteiger partial charge in [-0.25, -0.2) is 9.66 Å². The summed E-state index contributed by atoms with van der Waals surface area (Å²) in [5.74, 6) is -0.0200. The third-order valence-corrected chi connectivity index (χ3v) is 5.73. The van der Waals surface area contributed by atoms with Crippen molar-refractivity contribution in [1.82, 2.24) is 14.6 Å². The van der Waals surface area contributed by atoms with Crippen molar-refractivity contribution in [3.05, 3.63) is 41.2 Å². The van der Waals surface area contributed by atoms with Gasteiger partial charge >= 0.3 is 5.97 Å². The molecule has 0 bridgehead atoms. The lowest BCUT2D eigenvalue weighted by Gasteiger charge is -2.27. The smallest absolute Gasteiger partial charge is 0.304 e. The summed E-state index contributed by atoms with van der Waals surface area (Å²) in [5.41, 5.74) is 6.21. The zero-order valence-corrected chi connectivity index (χ0v) is 17.9. The number of hydrogen-bond acceptors (Lipinski definition) is 6. The highest BCUT2D eigenvalue weighted by Gasteiger charge is 2.32. The first kappa shape index (κ1) is 21.0. The Bertz CT molecular complexity index is 947.